The van der Waals surface area contributed by atoms with E-state index in [1.807, 2.05) is 0 Å². The molecule has 0 saturated carbocycles. The molecule has 0 aromatic heterocycles. The van der Waals surface area contributed by atoms with Crippen LogP contribution in [0, 0.1) is 0 Å². The number of fused-ring (bicyclic) bond motifs is 8. The lowest BCUT2D eigenvalue weighted by molar-refractivity contribution is 0.661. The van der Waals surface area contributed by atoms with Crippen molar-refractivity contribution in [3.05, 3.63) is 357 Å². The fourth-order valence-electron chi connectivity index (χ4n) is 14.7. The zero-order valence-electron chi connectivity index (χ0n) is 51.3. The van der Waals surface area contributed by atoms with E-state index in [9.17, 15) is 0 Å². The molecule has 16 aromatic rings. The Hall–Kier alpha value is -11.8. The Morgan fingerprint density at radius 1 is 0.207 bits per heavy atom. The average molecular weight is 1170 g/mol. The molecule has 0 aliphatic heterocycles. The molecule has 0 fully saturated rings. The number of hydrogen-bond donors (Lipinski definition) is 0. The third-order valence-electron chi connectivity index (χ3n) is 19.1. The van der Waals surface area contributed by atoms with Crippen LogP contribution >= 0.6 is 0 Å². The topological polar surface area (TPSA) is 9.72 Å². The van der Waals surface area contributed by atoms with Crippen LogP contribution < -0.4 is 14.7 Å². The van der Waals surface area contributed by atoms with Crippen LogP contribution in [0.4, 0.5) is 51.2 Å². The van der Waals surface area contributed by atoms with Gasteiger partial charge in [0, 0.05) is 66.4 Å². The molecule has 3 nitrogen and oxygen atoms in total. The van der Waals surface area contributed by atoms with Crippen LogP contribution in [0.1, 0.15) is 25.0 Å². The summed E-state index contributed by atoms with van der Waals surface area (Å²) >= 11 is 0. The van der Waals surface area contributed by atoms with E-state index in [1.165, 1.54) is 49.2 Å². The second-order valence-electron chi connectivity index (χ2n) is 24.8. The van der Waals surface area contributed by atoms with E-state index < -0.39 is 0 Å². The van der Waals surface area contributed by atoms with Gasteiger partial charge in [-0.15, -0.1) is 0 Å². The lowest BCUT2D eigenvalue weighted by Crippen LogP contribution is -2.18. The van der Waals surface area contributed by atoms with Crippen LogP contribution in [-0.2, 0) is 5.41 Å². The predicted octanol–water partition coefficient (Wildman–Crippen LogP) is 25.2. The van der Waals surface area contributed by atoms with Crippen LogP contribution in [0.3, 0.4) is 0 Å². The van der Waals surface area contributed by atoms with Crippen LogP contribution in [0.5, 0.6) is 0 Å². The van der Waals surface area contributed by atoms with E-state index in [1.54, 1.807) is 0 Å². The molecule has 434 valence electrons. The summed E-state index contributed by atoms with van der Waals surface area (Å²) in [5, 5.41) is 11.5. The minimum Gasteiger partial charge on any atom is -0.310 e. The third kappa shape index (κ3) is 9.20. The maximum Gasteiger partial charge on any atom is 0.0621 e. The minimum atomic E-state index is -0.323. The van der Waals surface area contributed by atoms with Crippen molar-refractivity contribution < 1.29 is 0 Å². The Bertz CT molecular complexity index is 5520. The Morgan fingerprint density at radius 3 is 1.00 bits per heavy atom. The lowest BCUT2D eigenvalue weighted by atomic mass is 9.81. The van der Waals surface area contributed by atoms with Crippen molar-refractivity contribution >= 4 is 105 Å². The fourth-order valence-corrected chi connectivity index (χ4v) is 14.7. The first kappa shape index (κ1) is 54.4. The van der Waals surface area contributed by atoms with Crippen molar-refractivity contribution in [1.82, 2.24) is 0 Å². The number of anilines is 9. The first-order chi connectivity index (χ1) is 45.4. The SMILES string of the molecule is CC1(C)c2ccccc2-c2cc3c(N(c4ccc5ccccc5c4)c4ccccc4-c4ccccc4)c4cc(N(c5ccc6ccccc6c5)c5ccccc5-c5ccccc5)ccc4c(N(c4ccc5ccccc5c4)c4ccccc4-c4ccccc4)c3cc21. The largest absolute Gasteiger partial charge is 0.310 e. The monoisotopic (exact) mass is 1170 g/mol. The van der Waals surface area contributed by atoms with Gasteiger partial charge in [0.1, 0.15) is 0 Å². The van der Waals surface area contributed by atoms with Gasteiger partial charge < -0.3 is 14.7 Å². The zero-order valence-corrected chi connectivity index (χ0v) is 51.3. The molecule has 3 heteroatoms. The molecule has 0 spiro atoms. The summed E-state index contributed by atoms with van der Waals surface area (Å²) in [4.78, 5) is 7.68. The summed E-state index contributed by atoms with van der Waals surface area (Å²) in [6.45, 7) is 4.82. The molecule has 0 radical (unpaired) electrons. The molecule has 1 aliphatic rings. The third-order valence-corrected chi connectivity index (χ3v) is 19.1. The van der Waals surface area contributed by atoms with E-state index in [4.69, 9.17) is 0 Å². The Kier molecular flexibility index (Phi) is 13.2. The quantitative estimate of drug-likeness (QED) is 0.0892. The first-order valence-corrected chi connectivity index (χ1v) is 31.9. The number of hydrogen-bond acceptors (Lipinski definition) is 3. The van der Waals surface area contributed by atoms with Crippen molar-refractivity contribution in [3.8, 4) is 44.5 Å². The van der Waals surface area contributed by atoms with E-state index in [0.29, 0.717) is 0 Å². The minimum absolute atomic E-state index is 0.323. The van der Waals surface area contributed by atoms with Crippen LogP contribution in [0.15, 0.2) is 346 Å². The first-order valence-electron chi connectivity index (χ1n) is 31.9. The van der Waals surface area contributed by atoms with Gasteiger partial charge in [-0.05, 0) is 150 Å². The van der Waals surface area contributed by atoms with Crippen molar-refractivity contribution in [2.24, 2.45) is 0 Å². The number of benzene rings is 16. The number of rotatable bonds is 12. The van der Waals surface area contributed by atoms with E-state index in [-0.39, 0.29) is 5.41 Å². The highest BCUT2D eigenvalue weighted by atomic mass is 15.2. The average Bonchev–Trinajstić information content (AvgIpc) is 1.22. The highest BCUT2D eigenvalue weighted by molar-refractivity contribution is 6.26. The van der Waals surface area contributed by atoms with E-state index in [0.717, 1.165) is 111 Å². The smallest absolute Gasteiger partial charge is 0.0621 e. The van der Waals surface area contributed by atoms with E-state index >= 15 is 0 Å². The summed E-state index contributed by atoms with van der Waals surface area (Å²) in [7, 11) is 0. The molecule has 0 atom stereocenters. The Balaban J connectivity index is 1.09. The lowest BCUT2D eigenvalue weighted by Gasteiger charge is -2.36. The molecule has 0 saturated heterocycles. The number of para-hydroxylation sites is 3. The molecule has 17 rings (SSSR count). The van der Waals surface area contributed by atoms with Gasteiger partial charge in [0.05, 0.1) is 28.4 Å². The second kappa shape index (κ2) is 22.4. The summed E-state index contributed by atoms with van der Waals surface area (Å²) in [6, 6.07) is 128. The van der Waals surface area contributed by atoms with Gasteiger partial charge in [-0.2, -0.15) is 0 Å². The maximum absolute atomic E-state index is 2.60. The van der Waals surface area contributed by atoms with Gasteiger partial charge in [0.2, 0.25) is 0 Å². The molecule has 1 aliphatic carbocycles. The molecule has 0 heterocycles. The fraction of sp³-hybridized carbons (Fsp3) is 0.0337. The molecular formula is C89H63N3. The van der Waals surface area contributed by atoms with Crippen LogP contribution in [0.2, 0.25) is 0 Å². The van der Waals surface area contributed by atoms with Gasteiger partial charge in [0.15, 0.2) is 0 Å². The molecule has 0 N–H and O–H groups in total. The standard InChI is InChI=1S/C89H63N3/c1-89(2)82-42-22-18-41-76(82)78-58-80-81(59-83(78)89)87(91(70-50-47-61-27-13-16-36-67(61)55-70)85-44-24-20-39-74(85)64-31-8-4-9-32-64)77-53-52-72(90(69-49-46-60-26-12-15-35-66(60)54-69)84-43-23-19-38-73(84)63-29-6-3-7-30-63)57-79(77)88(80)92(71-51-48-62-28-14-17-37-68(62)56-71)86-45-25-21-40-75(86)65-33-10-5-11-34-65/h3-59H,1-2H3. The molecule has 92 heavy (non-hydrogen) atoms. The summed E-state index contributed by atoms with van der Waals surface area (Å²) in [5.74, 6) is 0. The van der Waals surface area contributed by atoms with Crippen LogP contribution in [-0.4, -0.2) is 0 Å². The van der Waals surface area contributed by atoms with Crippen LogP contribution in [0.25, 0.3) is 98.4 Å². The van der Waals surface area contributed by atoms with Crippen molar-refractivity contribution in [2.75, 3.05) is 14.7 Å². The Morgan fingerprint density at radius 2 is 0.533 bits per heavy atom. The molecule has 0 bridgehead atoms. The van der Waals surface area contributed by atoms with Gasteiger partial charge in [-0.3, -0.25) is 0 Å². The maximum atomic E-state index is 2.60. The summed E-state index contributed by atoms with van der Waals surface area (Å²) in [6.07, 6.45) is 0. The zero-order chi connectivity index (χ0) is 61.3. The predicted molar refractivity (Wildman–Crippen MR) is 392 cm³/mol. The molecule has 0 amide bonds. The normalized spacial score (nSPS) is 12.3. The molecular weight excluding hydrogens is 1110 g/mol. The van der Waals surface area contributed by atoms with E-state index in [2.05, 4.69) is 374 Å². The highest BCUT2D eigenvalue weighted by Gasteiger charge is 2.38. The molecule has 0 unspecified atom stereocenters. The second-order valence-corrected chi connectivity index (χ2v) is 24.8. The van der Waals surface area contributed by atoms with Crippen molar-refractivity contribution in [2.45, 2.75) is 19.3 Å². The Labute approximate surface area is 537 Å². The van der Waals surface area contributed by atoms with Gasteiger partial charge in [-0.25, -0.2) is 0 Å². The van der Waals surface area contributed by atoms with Crippen molar-refractivity contribution in [1.29, 1.82) is 0 Å². The van der Waals surface area contributed by atoms with Crippen molar-refractivity contribution in [3.63, 3.8) is 0 Å². The summed E-state index contributed by atoms with van der Waals surface area (Å²) in [5.41, 5.74) is 21.2. The summed E-state index contributed by atoms with van der Waals surface area (Å²) < 4.78 is 0. The van der Waals surface area contributed by atoms with Gasteiger partial charge in [-0.1, -0.05) is 281 Å². The van der Waals surface area contributed by atoms with Gasteiger partial charge in [0.25, 0.3) is 0 Å². The molecule has 16 aromatic carbocycles. The number of nitrogens with zero attached hydrogens (tertiary/aromatic N) is 3. The van der Waals surface area contributed by atoms with Gasteiger partial charge >= 0.3 is 0 Å². The highest BCUT2D eigenvalue weighted by Crippen LogP contribution is 2.59.